The highest BCUT2D eigenvalue weighted by molar-refractivity contribution is 7.91. The number of ether oxygens (including phenoxy) is 4. The average Bonchev–Trinajstić information content (AvgIpc) is 4.20. The molecule has 65 heavy (non-hydrogen) atoms. The Morgan fingerprint density at radius 3 is 2.48 bits per heavy atom. The van der Waals surface area contributed by atoms with E-state index in [1.807, 2.05) is 26.0 Å². The van der Waals surface area contributed by atoms with Crippen molar-refractivity contribution in [3.05, 3.63) is 60.4 Å². The Morgan fingerprint density at radius 2 is 1.80 bits per heavy atom. The molecule has 4 fully saturated rings. The van der Waals surface area contributed by atoms with E-state index in [9.17, 15) is 22.8 Å². The minimum absolute atomic E-state index is 0.0424. The monoisotopic (exact) mass is 917 g/mol. The van der Waals surface area contributed by atoms with Gasteiger partial charge in [0.05, 0.1) is 30.7 Å². The summed E-state index contributed by atoms with van der Waals surface area (Å²) >= 11 is 0. The molecular weight excluding hydrogens is 858 g/mol. The van der Waals surface area contributed by atoms with E-state index in [-0.39, 0.29) is 49.0 Å². The second kappa shape index (κ2) is 17.7. The van der Waals surface area contributed by atoms with Crippen molar-refractivity contribution in [2.24, 2.45) is 17.8 Å². The van der Waals surface area contributed by atoms with Crippen molar-refractivity contribution in [1.29, 1.82) is 0 Å². The molecule has 3 heterocycles. The van der Waals surface area contributed by atoms with E-state index in [4.69, 9.17) is 23.9 Å². The van der Waals surface area contributed by atoms with Crippen molar-refractivity contribution in [3.63, 3.8) is 0 Å². The molecule has 0 bridgehead atoms. The number of sulfonamides is 1. The van der Waals surface area contributed by atoms with Crippen molar-refractivity contribution in [3.8, 4) is 28.6 Å². The summed E-state index contributed by atoms with van der Waals surface area (Å²) in [5.74, 6) is -2.46. The third-order valence-electron chi connectivity index (χ3n) is 13.4. The van der Waals surface area contributed by atoms with Crippen LogP contribution < -0.4 is 24.2 Å². The van der Waals surface area contributed by atoms with Crippen molar-refractivity contribution in [1.82, 2.24) is 24.8 Å². The van der Waals surface area contributed by atoms with Crippen molar-refractivity contribution < 1.29 is 50.9 Å². The first-order valence-electron chi connectivity index (χ1n) is 22.7. The molecule has 1 saturated heterocycles. The number of carbonyl (C=O) groups excluding carboxylic acids is 4. The fourth-order valence-corrected chi connectivity index (χ4v) is 10.6. The number of likely N-dealkylation sites (N-methyl/N-ethyl adjacent to an activating group) is 1. The van der Waals surface area contributed by atoms with Gasteiger partial charge in [-0.2, -0.15) is 0 Å². The van der Waals surface area contributed by atoms with Crippen molar-refractivity contribution >= 4 is 44.6 Å². The number of carbonyl (C=O) groups is 4. The van der Waals surface area contributed by atoms with Crippen LogP contribution in [0.5, 0.6) is 17.4 Å². The maximum Gasteiger partial charge on any atom is 0.410 e. The van der Waals surface area contributed by atoms with Crippen LogP contribution in [0.25, 0.3) is 22.0 Å². The number of fused-ring (bicyclic) bond motifs is 3. The smallest absolute Gasteiger partial charge is 0.410 e. The highest BCUT2D eigenvalue weighted by atomic mass is 32.2. The molecule has 17 heteroatoms. The molecule has 4 amide bonds. The van der Waals surface area contributed by atoms with Crippen LogP contribution in [0.1, 0.15) is 92.4 Å². The molecule has 8 rings (SSSR count). The Bertz CT molecular complexity index is 2510. The summed E-state index contributed by atoms with van der Waals surface area (Å²) in [6.45, 7) is 9.37. The van der Waals surface area contributed by atoms with Crippen molar-refractivity contribution in [2.75, 3.05) is 20.7 Å². The van der Waals surface area contributed by atoms with Gasteiger partial charge in [-0.05, 0) is 132 Å². The third kappa shape index (κ3) is 9.90. The SMILES string of the molecule is COc1ccc2c(O[C@@H]3C[C@H]4C(=O)N[C@]5(C(=O)NS(=O)(=O)C6CC6)C[C@H]5/C=C\CC[C@@H](C)C[C@@H](C)[C@H](N(C)C(=O)OC5(C)CC5)C(=O)N4C3)nc(-c3ccc(OC(C)C)c(F)c3)cc2c1. The summed E-state index contributed by atoms with van der Waals surface area (Å²) in [6.07, 6.45) is 6.51. The predicted octanol–water partition coefficient (Wildman–Crippen LogP) is 6.67. The zero-order valence-electron chi connectivity index (χ0n) is 38.1. The van der Waals surface area contributed by atoms with Crippen LogP contribution in [0.4, 0.5) is 9.18 Å². The summed E-state index contributed by atoms with van der Waals surface area (Å²) < 4.78 is 67.4. The van der Waals surface area contributed by atoms with Gasteiger partial charge in [-0.3, -0.25) is 24.0 Å². The number of methoxy groups -OCH3 is 1. The van der Waals surface area contributed by atoms with Gasteiger partial charge in [-0.25, -0.2) is 22.6 Å². The van der Waals surface area contributed by atoms with Gasteiger partial charge in [-0.15, -0.1) is 0 Å². The highest BCUT2D eigenvalue weighted by Crippen LogP contribution is 2.47. The summed E-state index contributed by atoms with van der Waals surface area (Å²) in [7, 11) is -0.865. The molecule has 2 aromatic carbocycles. The van der Waals surface area contributed by atoms with Gasteiger partial charge in [0.1, 0.15) is 35.1 Å². The highest BCUT2D eigenvalue weighted by Gasteiger charge is 2.62. The van der Waals surface area contributed by atoms with Gasteiger partial charge in [0.2, 0.25) is 27.7 Å². The number of allylic oxidation sites excluding steroid dienone is 1. The molecule has 3 saturated carbocycles. The normalized spacial score (nSPS) is 28.2. The Morgan fingerprint density at radius 1 is 1.05 bits per heavy atom. The largest absolute Gasteiger partial charge is 0.497 e. The first-order chi connectivity index (χ1) is 30.8. The number of aromatic nitrogens is 1. The topological polar surface area (TPSA) is 183 Å². The van der Waals surface area contributed by atoms with Gasteiger partial charge < -0.3 is 29.2 Å². The van der Waals surface area contributed by atoms with Gasteiger partial charge in [-0.1, -0.05) is 26.0 Å². The van der Waals surface area contributed by atoms with E-state index >= 15 is 9.18 Å². The summed E-state index contributed by atoms with van der Waals surface area (Å²) in [4.78, 5) is 65.5. The first-order valence-corrected chi connectivity index (χ1v) is 24.3. The number of hydrogen-bond acceptors (Lipinski definition) is 11. The number of hydrogen-bond donors (Lipinski definition) is 2. The minimum Gasteiger partial charge on any atom is -0.497 e. The van der Waals surface area contributed by atoms with Crippen LogP contribution in [-0.4, -0.2) is 108 Å². The van der Waals surface area contributed by atoms with Gasteiger partial charge >= 0.3 is 6.09 Å². The molecule has 3 aromatic rings. The molecule has 350 valence electrons. The maximum absolute atomic E-state index is 15.4. The molecule has 0 unspecified atom stereocenters. The molecule has 5 aliphatic rings. The average molecular weight is 918 g/mol. The van der Waals surface area contributed by atoms with Gasteiger partial charge in [0.15, 0.2) is 11.6 Å². The zero-order valence-corrected chi connectivity index (χ0v) is 38.9. The van der Waals surface area contributed by atoms with E-state index in [0.29, 0.717) is 66.3 Å². The fourth-order valence-electron chi connectivity index (χ4n) is 9.24. The van der Waals surface area contributed by atoms with Gasteiger partial charge in [0.25, 0.3) is 5.91 Å². The second-order valence-corrected chi connectivity index (χ2v) is 21.3. The molecule has 2 N–H and O–H groups in total. The lowest BCUT2D eigenvalue weighted by molar-refractivity contribution is -0.144. The number of nitrogens with one attached hydrogen (secondary N) is 2. The lowest BCUT2D eigenvalue weighted by Gasteiger charge is -2.37. The number of amides is 4. The van der Waals surface area contributed by atoms with Crippen LogP contribution in [0.2, 0.25) is 0 Å². The molecule has 0 spiro atoms. The Kier molecular flexibility index (Phi) is 12.6. The van der Waals surface area contributed by atoms with Crippen LogP contribution in [0.15, 0.2) is 54.6 Å². The van der Waals surface area contributed by atoms with Crippen LogP contribution in [0, 0.1) is 23.6 Å². The number of rotatable bonds is 11. The predicted molar refractivity (Wildman–Crippen MR) is 240 cm³/mol. The molecule has 7 atom stereocenters. The van der Waals surface area contributed by atoms with E-state index < -0.39 is 80.2 Å². The van der Waals surface area contributed by atoms with Crippen molar-refractivity contribution in [2.45, 2.75) is 133 Å². The Balaban J connectivity index is 1.16. The summed E-state index contributed by atoms with van der Waals surface area (Å²) in [6, 6.07) is 9.45. The molecule has 0 radical (unpaired) electrons. The fraction of sp³-hybridized carbons (Fsp3) is 0.562. The summed E-state index contributed by atoms with van der Waals surface area (Å²) in [5.41, 5.74) is -1.35. The quantitative estimate of drug-likeness (QED) is 0.196. The number of halogens is 1. The zero-order chi connectivity index (χ0) is 46.6. The molecule has 15 nitrogen and oxygen atoms in total. The second-order valence-electron chi connectivity index (χ2n) is 19.3. The maximum atomic E-state index is 15.4. The van der Waals surface area contributed by atoms with Crippen LogP contribution in [-0.2, 0) is 29.1 Å². The lowest BCUT2D eigenvalue weighted by Crippen LogP contribution is -2.59. The number of nitrogens with zero attached hydrogens (tertiary/aromatic N) is 3. The van der Waals surface area contributed by atoms with Crippen LogP contribution in [0.3, 0.4) is 0 Å². The molecule has 3 aliphatic carbocycles. The third-order valence-corrected chi connectivity index (χ3v) is 15.3. The summed E-state index contributed by atoms with van der Waals surface area (Å²) in [5, 5.41) is 3.51. The van der Waals surface area contributed by atoms with E-state index in [2.05, 4.69) is 17.0 Å². The van der Waals surface area contributed by atoms with E-state index in [1.165, 1.54) is 15.9 Å². The molecule has 1 aromatic heterocycles. The first kappa shape index (κ1) is 46.1. The van der Waals surface area contributed by atoms with Gasteiger partial charge in [0, 0.05) is 30.3 Å². The molecule has 2 aliphatic heterocycles. The molecular formula is C48H60FN5O10S. The standard InChI is InChI=1S/C48H60FN5O10S/c1-27(2)62-40-17-12-30(22-37(40)49)38-23-31-21-33(61-7)13-16-36(31)43(50-38)63-34-24-39-42(55)51-48(45(57)52-65(59,60)35-14-15-35)25-32(48)11-9-8-10-28(3)20-29(4)41(44(56)54(39)26-34)53(6)46(58)64-47(5)18-19-47/h9,11-13,16-17,21-23,27-29,32,34-35,39,41H,8,10,14-15,18-20,24-26H2,1-7H3,(H,51,55)(H,52,57)/b11-9-/t28-,29-,32-,34-,39+,41+,48-/m1/s1. The Hall–Kier alpha value is -5.45. The van der Waals surface area contributed by atoms with E-state index in [0.717, 1.165) is 6.42 Å². The number of benzene rings is 2. The van der Waals surface area contributed by atoms with E-state index in [1.54, 1.807) is 64.4 Å². The Labute approximate surface area is 379 Å². The van der Waals surface area contributed by atoms with Crippen LogP contribution >= 0.6 is 0 Å². The number of pyridine rings is 1. The minimum atomic E-state index is -3.95. The lowest BCUT2D eigenvalue weighted by atomic mass is 9.87.